The molecule has 0 saturated heterocycles. The van der Waals surface area contributed by atoms with Crippen LogP contribution in [0.25, 0.3) is 0 Å². The molecular weight excluding hydrogens is 280 g/mol. The Labute approximate surface area is 129 Å². The van der Waals surface area contributed by atoms with E-state index in [-0.39, 0.29) is 5.91 Å². The SMILES string of the molecule is O=C(CNc1cccc2c1CCCC2)NCc1cccs1. The number of hydrogen-bond donors (Lipinski definition) is 2. The molecule has 3 nitrogen and oxygen atoms in total. The molecule has 21 heavy (non-hydrogen) atoms. The number of anilines is 1. The molecule has 1 aliphatic rings. The fourth-order valence-electron chi connectivity index (χ4n) is 2.78. The van der Waals surface area contributed by atoms with Crippen molar-refractivity contribution in [2.45, 2.75) is 32.2 Å². The summed E-state index contributed by atoms with van der Waals surface area (Å²) in [5.41, 5.74) is 3.96. The lowest BCUT2D eigenvalue weighted by Crippen LogP contribution is -2.29. The first-order chi connectivity index (χ1) is 10.3. The molecule has 1 amide bonds. The number of carbonyl (C=O) groups excluding carboxylic acids is 1. The van der Waals surface area contributed by atoms with E-state index in [2.05, 4.69) is 28.8 Å². The van der Waals surface area contributed by atoms with E-state index in [4.69, 9.17) is 0 Å². The summed E-state index contributed by atoms with van der Waals surface area (Å²) in [5, 5.41) is 8.26. The van der Waals surface area contributed by atoms with Gasteiger partial charge in [-0.2, -0.15) is 0 Å². The van der Waals surface area contributed by atoms with Crippen molar-refractivity contribution in [2.75, 3.05) is 11.9 Å². The van der Waals surface area contributed by atoms with E-state index in [1.165, 1.54) is 28.8 Å². The summed E-state index contributed by atoms with van der Waals surface area (Å²) in [4.78, 5) is 13.1. The van der Waals surface area contributed by atoms with Gasteiger partial charge in [0.15, 0.2) is 0 Å². The molecular formula is C17H20N2OS. The van der Waals surface area contributed by atoms with E-state index < -0.39 is 0 Å². The second-order valence-electron chi connectivity index (χ2n) is 5.36. The first kappa shape index (κ1) is 14.1. The largest absolute Gasteiger partial charge is 0.376 e. The Bertz CT molecular complexity index is 607. The highest BCUT2D eigenvalue weighted by atomic mass is 32.1. The Hall–Kier alpha value is -1.81. The number of carbonyl (C=O) groups is 1. The number of amides is 1. The van der Waals surface area contributed by atoms with Gasteiger partial charge >= 0.3 is 0 Å². The van der Waals surface area contributed by atoms with Crippen LogP contribution in [0.5, 0.6) is 0 Å². The molecule has 110 valence electrons. The van der Waals surface area contributed by atoms with Gasteiger partial charge in [-0.3, -0.25) is 4.79 Å². The zero-order valence-electron chi connectivity index (χ0n) is 12.0. The summed E-state index contributed by atoms with van der Waals surface area (Å²) in [6, 6.07) is 10.4. The van der Waals surface area contributed by atoms with Crippen molar-refractivity contribution >= 4 is 22.9 Å². The first-order valence-corrected chi connectivity index (χ1v) is 8.34. The van der Waals surface area contributed by atoms with Crippen molar-refractivity contribution in [1.82, 2.24) is 5.32 Å². The Kier molecular flexibility index (Phi) is 4.55. The van der Waals surface area contributed by atoms with E-state index in [0.29, 0.717) is 13.1 Å². The third-order valence-corrected chi connectivity index (χ3v) is 4.75. The number of rotatable bonds is 5. The molecule has 0 atom stereocenters. The van der Waals surface area contributed by atoms with Crippen LogP contribution in [-0.4, -0.2) is 12.5 Å². The summed E-state index contributed by atoms with van der Waals surface area (Å²) >= 11 is 1.66. The molecule has 0 saturated carbocycles. The van der Waals surface area contributed by atoms with Crippen LogP contribution in [0.4, 0.5) is 5.69 Å². The maximum Gasteiger partial charge on any atom is 0.239 e. The summed E-state index contributed by atoms with van der Waals surface area (Å²) in [7, 11) is 0. The molecule has 2 aromatic rings. The molecule has 0 unspecified atom stereocenters. The molecule has 0 fully saturated rings. The van der Waals surface area contributed by atoms with Gasteiger partial charge in [0, 0.05) is 10.6 Å². The van der Waals surface area contributed by atoms with E-state index in [1.807, 2.05) is 17.5 Å². The maximum atomic E-state index is 11.9. The van der Waals surface area contributed by atoms with E-state index in [0.717, 1.165) is 18.5 Å². The fourth-order valence-corrected chi connectivity index (χ4v) is 3.43. The monoisotopic (exact) mass is 300 g/mol. The lowest BCUT2D eigenvalue weighted by molar-refractivity contribution is -0.119. The number of fused-ring (bicyclic) bond motifs is 1. The van der Waals surface area contributed by atoms with Crippen molar-refractivity contribution in [3.8, 4) is 0 Å². The zero-order valence-corrected chi connectivity index (χ0v) is 12.8. The minimum Gasteiger partial charge on any atom is -0.376 e. The topological polar surface area (TPSA) is 41.1 Å². The molecule has 1 heterocycles. The minimum absolute atomic E-state index is 0.0387. The molecule has 1 aromatic carbocycles. The molecule has 1 aliphatic carbocycles. The van der Waals surface area contributed by atoms with Crippen molar-refractivity contribution in [2.24, 2.45) is 0 Å². The predicted molar refractivity (Wildman–Crippen MR) is 87.7 cm³/mol. The highest BCUT2D eigenvalue weighted by Crippen LogP contribution is 2.27. The summed E-state index contributed by atoms with van der Waals surface area (Å²) < 4.78 is 0. The molecule has 0 spiro atoms. The first-order valence-electron chi connectivity index (χ1n) is 7.46. The Morgan fingerprint density at radius 3 is 2.90 bits per heavy atom. The number of benzene rings is 1. The van der Waals surface area contributed by atoms with Gasteiger partial charge in [-0.05, 0) is 54.3 Å². The van der Waals surface area contributed by atoms with Gasteiger partial charge in [-0.25, -0.2) is 0 Å². The molecule has 2 N–H and O–H groups in total. The molecule has 1 aromatic heterocycles. The number of aryl methyl sites for hydroxylation is 1. The Balaban J connectivity index is 1.54. The van der Waals surface area contributed by atoms with Crippen LogP contribution in [-0.2, 0) is 24.2 Å². The van der Waals surface area contributed by atoms with Crippen LogP contribution < -0.4 is 10.6 Å². The quantitative estimate of drug-likeness (QED) is 0.889. The van der Waals surface area contributed by atoms with Gasteiger partial charge in [-0.15, -0.1) is 11.3 Å². The lowest BCUT2D eigenvalue weighted by atomic mass is 9.90. The van der Waals surface area contributed by atoms with Crippen LogP contribution in [0.2, 0.25) is 0 Å². The minimum atomic E-state index is 0.0387. The average Bonchev–Trinajstić information content (AvgIpc) is 3.04. The normalized spacial score (nSPS) is 13.5. The fraction of sp³-hybridized carbons (Fsp3) is 0.353. The molecule has 0 bridgehead atoms. The third kappa shape index (κ3) is 3.64. The molecule has 0 aliphatic heterocycles. The van der Waals surface area contributed by atoms with E-state index in [1.54, 1.807) is 11.3 Å². The van der Waals surface area contributed by atoms with Gasteiger partial charge in [0.25, 0.3) is 0 Å². The van der Waals surface area contributed by atoms with Crippen molar-refractivity contribution < 1.29 is 4.79 Å². The predicted octanol–water partition coefficient (Wildman–Crippen LogP) is 3.36. The zero-order chi connectivity index (χ0) is 14.5. The maximum absolute atomic E-state index is 11.9. The number of nitrogens with one attached hydrogen (secondary N) is 2. The standard InChI is InChI=1S/C17H20N2OS/c20-17(19-11-14-7-4-10-21-14)12-18-16-9-3-6-13-5-1-2-8-15(13)16/h3-4,6-7,9-10,18H,1-2,5,8,11-12H2,(H,19,20). The average molecular weight is 300 g/mol. The summed E-state index contributed by atoms with van der Waals surface area (Å²) in [6.45, 7) is 0.951. The third-order valence-electron chi connectivity index (χ3n) is 3.88. The van der Waals surface area contributed by atoms with E-state index in [9.17, 15) is 4.79 Å². The van der Waals surface area contributed by atoms with Crippen molar-refractivity contribution in [3.05, 3.63) is 51.7 Å². The second-order valence-corrected chi connectivity index (χ2v) is 6.39. The van der Waals surface area contributed by atoms with Gasteiger partial charge in [0.2, 0.25) is 5.91 Å². The van der Waals surface area contributed by atoms with Crippen molar-refractivity contribution in [1.29, 1.82) is 0 Å². The molecule has 3 rings (SSSR count). The number of hydrogen-bond acceptors (Lipinski definition) is 3. The van der Waals surface area contributed by atoms with Gasteiger partial charge in [-0.1, -0.05) is 18.2 Å². The molecule has 0 radical (unpaired) electrons. The Morgan fingerprint density at radius 1 is 1.14 bits per heavy atom. The highest BCUT2D eigenvalue weighted by Gasteiger charge is 2.13. The Morgan fingerprint density at radius 2 is 2.05 bits per heavy atom. The van der Waals surface area contributed by atoms with Gasteiger partial charge in [0.05, 0.1) is 13.1 Å². The second kappa shape index (κ2) is 6.76. The van der Waals surface area contributed by atoms with Crippen LogP contribution in [0, 0.1) is 0 Å². The number of thiophene rings is 1. The van der Waals surface area contributed by atoms with Crippen LogP contribution in [0.15, 0.2) is 35.7 Å². The van der Waals surface area contributed by atoms with Gasteiger partial charge in [0.1, 0.15) is 0 Å². The lowest BCUT2D eigenvalue weighted by Gasteiger charge is -2.20. The van der Waals surface area contributed by atoms with Crippen LogP contribution in [0.1, 0.15) is 28.8 Å². The van der Waals surface area contributed by atoms with E-state index >= 15 is 0 Å². The molecule has 4 heteroatoms. The smallest absolute Gasteiger partial charge is 0.239 e. The summed E-state index contributed by atoms with van der Waals surface area (Å²) in [5.74, 6) is 0.0387. The van der Waals surface area contributed by atoms with Crippen molar-refractivity contribution in [3.63, 3.8) is 0 Å². The van der Waals surface area contributed by atoms with Crippen LogP contribution >= 0.6 is 11.3 Å². The summed E-state index contributed by atoms with van der Waals surface area (Å²) in [6.07, 6.45) is 4.80. The highest BCUT2D eigenvalue weighted by molar-refractivity contribution is 7.09. The van der Waals surface area contributed by atoms with Gasteiger partial charge < -0.3 is 10.6 Å². The van der Waals surface area contributed by atoms with Crippen LogP contribution in [0.3, 0.4) is 0 Å².